The molecule has 0 amide bonds. The Hall–Kier alpha value is -1.38. The van der Waals surface area contributed by atoms with Gasteiger partial charge in [0.15, 0.2) is 11.5 Å². The number of ether oxygens (including phenoxy) is 2. The van der Waals surface area contributed by atoms with Gasteiger partial charge in [-0.2, -0.15) is 0 Å². The van der Waals surface area contributed by atoms with Gasteiger partial charge in [-0.1, -0.05) is 13.8 Å². The Morgan fingerprint density at radius 1 is 1.20 bits per heavy atom. The van der Waals surface area contributed by atoms with E-state index in [0.717, 1.165) is 16.9 Å². The Morgan fingerprint density at radius 2 is 1.80 bits per heavy atom. The quantitative estimate of drug-likeness (QED) is 0.833. The highest BCUT2D eigenvalue weighted by molar-refractivity contribution is 5.58. The predicted molar refractivity (Wildman–Crippen MR) is 60.0 cm³/mol. The summed E-state index contributed by atoms with van der Waals surface area (Å²) in [5.41, 5.74) is 1.66. The molecule has 0 spiro atoms. The van der Waals surface area contributed by atoms with Crippen molar-refractivity contribution in [3.63, 3.8) is 0 Å². The lowest BCUT2D eigenvalue weighted by Gasteiger charge is -2.18. The van der Waals surface area contributed by atoms with Crippen LogP contribution in [0.3, 0.4) is 0 Å². The molecule has 1 aromatic carbocycles. The van der Waals surface area contributed by atoms with Crippen molar-refractivity contribution < 1.29 is 14.6 Å². The minimum absolute atomic E-state index is 0.196. The third-order valence-corrected chi connectivity index (χ3v) is 2.45. The summed E-state index contributed by atoms with van der Waals surface area (Å²) in [6.45, 7) is 5.90. The lowest BCUT2D eigenvalue weighted by molar-refractivity contribution is 0.353. The van der Waals surface area contributed by atoms with Gasteiger partial charge in [-0.05, 0) is 24.5 Å². The van der Waals surface area contributed by atoms with E-state index in [1.807, 2.05) is 26.8 Å². The largest absolute Gasteiger partial charge is 0.504 e. The molecule has 0 fully saturated rings. The minimum atomic E-state index is 0.196. The van der Waals surface area contributed by atoms with E-state index in [9.17, 15) is 5.11 Å². The van der Waals surface area contributed by atoms with E-state index in [-0.39, 0.29) is 11.7 Å². The molecule has 1 N–H and O–H groups in total. The summed E-state index contributed by atoms with van der Waals surface area (Å²) < 4.78 is 10.5. The number of rotatable bonds is 3. The maximum Gasteiger partial charge on any atom is 0.167 e. The number of hydrogen-bond acceptors (Lipinski definition) is 3. The average Bonchev–Trinajstić information content (AvgIpc) is 2.20. The fourth-order valence-electron chi connectivity index (χ4n) is 1.68. The fraction of sp³-hybridized carbons (Fsp3) is 0.500. The van der Waals surface area contributed by atoms with Crippen LogP contribution in [0.2, 0.25) is 0 Å². The predicted octanol–water partition coefficient (Wildman–Crippen LogP) is 2.84. The van der Waals surface area contributed by atoms with Crippen molar-refractivity contribution in [2.24, 2.45) is 0 Å². The van der Waals surface area contributed by atoms with Gasteiger partial charge in [0.25, 0.3) is 0 Å². The summed E-state index contributed by atoms with van der Waals surface area (Å²) in [5, 5.41) is 9.87. The lowest BCUT2D eigenvalue weighted by Crippen LogP contribution is -2.00. The molecular weight excluding hydrogens is 192 g/mol. The molecule has 0 aliphatic carbocycles. The summed E-state index contributed by atoms with van der Waals surface area (Å²) in [4.78, 5) is 0. The van der Waals surface area contributed by atoms with Crippen LogP contribution in [0.5, 0.6) is 17.2 Å². The highest BCUT2D eigenvalue weighted by Gasteiger charge is 2.19. The van der Waals surface area contributed by atoms with Crippen LogP contribution in [-0.4, -0.2) is 19.3 Å². The van der Waals surface area contributed by atoms with Gasteiger partial charge in [0.1, 0.15) is 5.75 Å². The molecule has 0 unspecified atom stereocenters. The lowest BCUT2D eigenvalue weighted by atomic mass is 9.98. The Morgan fingerprint density at radius 3 is 2.20 bits per heavy atom. The smallest absolute Gasteiger partial charge is 0.167 e. The molecule has 3 heteroatoms. The SMILES string of the molecule is COc1cc(C)c(O)c(OC)c1C(C)C. The molecule has 0 atom stereocenters. The molecule has 0 aromatic heterocycles. The molecule has 0 heterocycles. The van der Waals surface area contributed by atoms with Crippen LogP contribution in [0.4, 0.5) is 0 Å². The van der Waals surface area contributed by atoms with Gasteiger partial charge in [0.05, 0.1) is 14.2 Å². The van der Waals surface area contributed by atoms with Gasteiger partial charge in [-0.25, -0.2) is 0 Å². The first kappa shape index (κ1) is 11.7. The Kier molecular flexibility index (Phi) is 3.45. The first-order chi connectivity index (χ1) is 7.02. The van der Waals surface area contributed by atoms with E-state index in [2.05, 4.69) is 0 Å². The second-order valence-corrected chi connectivity index (χ2v) is 3.85. The van der Waals surface area contributed by atoms with Crippen LogP contribution >= 0.6 is 0 Å². The van der Waals surface area contributed by atoms with E-state index in [1.54, 1.807) is 14.2 Å². The number of aromatic hydroxyl groups is 1. The van der Waals surface area contributed by atoms with Gasteiger partial charge >= 0.3 is 0 Å². The highest BCUT2D eigenvalue weighted by Crippen LogP contribution is 2.43. The summed E-state index contributed by atoms with van der Waals surface area (Å²) in [6.07, 6.45) is 0. The van der Waals surface area contributed by atoms with Crippen LogP contribution in [0.15, 0.2) is 6.07 Å². The molecular formula is C12H18O3. The second-order valence-electron chi connectivity index (χ2n) is 3.85. The molecule has 0 radical (unpaired) electrons. The van der Waals surface area contributed by atoms with E-state index in [1.165, 1.54) is 0 Å². The van der Waals surface area contributed by atoms with Crippen LogP contribution in [0, 0.1) is 6.92 Å². The van der Waals surface area contributed by atoms with Crippen LogP contribution in [0.25, 0.3) is 0 Å². The maximum absolute atomic E-state index is 9.87. The molecule has 1 rings (SSSR count). The van der Waals surface area contributed by atoms with E-state index in [0.29, 0.717) is 5.75 Å². The molecule has 0 aliphatic rings. The van der Waals surface area contributed by atoms with Gasteiger partial charge in [-0.3, -0.25) is 0 Å². The molecule has 1 aromatic rings. The van der Waals surface area contributed by atoms with Gasteiger partial charge in [0.2, 0.25) is 0 Å². The zero-order valence-electron chi connectivity index (χ0n) is 9.92. The minimum Gasteiger partial charge on any atom is -0.504 e. The highest BCUT2D eigenvalue weighted by atomic mass is 16.5. The summed E-state index contributed by atoms with van der Waals surface area (Å²) in [5.74, 6) is 1.71. The van der Waals surface area contributed by atoms with Crippen molar-refractivity contribution in [2.45, 2.75) is 26.7 Å². The molecule has 0 bridgehead atoms. The van der Waals surface area contributed by atoms with Crippen molar-refractivity contribution in [3.05, 3.63) is 17.2 Å². The van der Waals surface area contributed by atoms with E-state index in [4.69, 9.17) is 9.47 Å². The van der Waals surface area contributed by atoms with Crippen LogP contribution in [-0.2, 0) is 0 Å². The second kappa shape index (κ2) is 4.43. The zero-order valence-corrected chi connectivity index (χ0v) is 9.92. The van der Waals surface area contributed by atoms with Gasteiger partial charge in [0, 0.05) is 5.56 Å². The third kappa shape index (κ3) is 2.01. The number of phenols is 1. The number of benzene rings is 1. The van der Waals surface area contributed by atoms with Crippen molar-refractivity contribution in [3.8, 4) is 17.2 Å². The number of methoxy groups -OCH3 is 2. The van der Waals surface area contributed by atoms with Crippen molar-refractivity contribution in [2.75, 3.05) is 14.2 Å². The molecule has 0 saturated carbocycles. The summed E-state index contributed by atoms with van der Waals surface area (Å²) in [6, 6.07) is 1.83. The van der Waals surface area contributed by atoms with Gasteiger partial charge < -0.3 is 14.6 Å². The van der Waals surface area contributed by atoms with E-state index >= 15 is 0 Å². The first-order valence-electron chi connectivity index (χ1n) is 4.97. The molecule has 15 heavy (non-hydrogen) atoms. The van der Waals surface area contributed by atoms with Crippen molar-refractivity contribution in [1.29, 1.82) is 0 Å². The van der Waals surface area contributed by atoms with Crippen molar-refractivity contribution in [1.82, 2.24) is 0 Å². The standard InChI is InChI=1S/C12H18O3/c1-7(2)10-9(14-4)6-8(3)11(13)12(10)15-5/h6-7,13H,1-5H3. The monoisotopic (exact) mass is 210 g/mol. The summed E-state index contributed by atoms with van der Waals surface area (Å²) >= 11 is 0. The van der Waals surface area contributed by atoms with Gasteiger partial charge in [-0.15, -0.1) is 0 Å². The Labute approximate surface area is 90.6 Å². The zero-order chi connectivity index (χ0) is 11.6. The normalized spacial score (nSPS) is 10.5. The number of hydrogen-bond donors (Lipinski definition) is 1. The Bertz CT molecular complexity index is 356. The molecule has 84 valence electrons. The first-order valence-corrected chi connectivity index (χ1v) is 4.97. The number of aryl methyl sites for hydroxylation is 1. The van der Waals surface area contributed by atoms with Crippen molar-refractivity contribution >= 4 is 0 Å². The molecule has 0 aliphatic heterocycles. The topological polar surface area (TPSA) is 38.7 Å². The third-order valence-electron chi connectivity index (χ3n) is 2.45. The molecule has 3 nitrogen and oxygen atoms in total. The van der Waals surface area contributed by atoms with Crippen LogP contribution in [0.1, 0.15) is 30.9 Å². The fourth-order valence-corrected chi connectivity index (χ4v) is 1.68. The molecule has 0 saturated heterocycles. The summed E-state index contributed by atoms with van der Waals surface area (Å²) in [7, 11) is 3.18. The maximum atomic E-state index is 9.87. The Balaban J connectivity index is 3.49. The average molecular weight is 210 g/mol. The number of phenolic OH excluding ortho intramolecular Hbond substituents is 1. The van der Waals surface area contributed by atoms with Crippen LogP contribution < -0.4 is 9.47 Å². The van der Waals surface area contributed by atoms with E-state index < -0.39 is 0 Å².